The standard InChI is InChI=1S/C25H18FN7OS2/c26-17-8-6-16(7-9-17)20-14-19(21-5-3-13-35-21)30-32(20)24(34)15-36-23-11-10-22-28-29-25(33(22)31-23)18-4-1-2-12-27-18/h1-13,20H,14-15H2. The largest absolute Gasteiger partial charge is 0.272 e. The number of thiophene rings is 1. The first-order valence-corrected chi connectivity index (χ1v) is 13.0. The summed E-state index contributed by atoms with van der Waals surface area (Å²) in [6, 6.07) is 19.1. The second-order valence-electron chi connectivity index (χ2n) is 8.00. The number of carbonyl (C=O) groups is 1. The minimum atomic E-state index is -0.315. The zero-order valence-corrected chi connectivity index (χ0v) is 20.4. The molecular formula is C25H18FN7OS2. The molecule has 1 aliphatic heterocycles. The Morgan fingerprint density at radius 1 is 1.06 bits per heavy atom. The number of hydrazone groups is 1. The van der Waals surface area contributed by atoms with Gasteiger partial charge in [0.2, 0.25) is 5.82 Å². The Morgan fingerprint density at radius 2 is 1.94 bits per heavy atom. The lowest BCUT2D eigenvalue weighted by atomic mass is 10.0. The van der Waals surface area contributed by atoms with Gasteiger partial charge < -0.3 is 0 Å². The minimum Gasteiger partial charge on any atom is -0.272 e. The van der Waals surface area contributed by atoms with Crippen LogP contribution < -0.4 is 0 Å². The molecule has 1 aromatic carbocycles. The molecule has 8 nitrogen and oxygen atoms in total. The van der Waals surface area contributed by atoms with Crippen molar-refractivity contribution in [2.75, 3.05) is 5.75 Å². The molecule has 0 bridgehead atoms. The van der Waals surface area contributed by atoms with Crippen molar-refractivity contribution in [2.45, 2.75) is 17.5 Å². The van der Waals surface area contributed by atoms with Crippen LogP contribution in [0.1, 0.15) is 22.9 Å². The zero-order valence-electron chi connectivity index (χ0n) is 18.7. The summed E-state index contributed by atoms with van der Waals surface area (Å²) in [5, 5.41) is 21.8. The van der Waals surface area contributed by atoms with Crippen molar-refractivity contribution < 1.29 is 9.18 Å². The van der Waals surface area contributed by atoms with Crippen molar-refractivity contribution in [1.29, 1.82) is 0 Å². The average Bonchev–Trinajstić information content (AvgIpc) is 3.68. The smallest absolute Gasteiger partial charge is 0.253 e. The Bertz CT molecular complexity index is 1550. The number of thioether (sulfide) groups is 1. The van der Waals surface area contributed by atoms with Gasteiger partial charge in [0, 0.05) is 12.6 Å². The maximum absolute atomic E-state index is 13.5. The number of nitrogens with zero attached hydrogens (tertiary/aromatic N) is 7. The number of halogens is 1. The van der Waals surface area contributed by atoms with Gasteiger partial charge in [-0.2, -0.15) is 14.7 Å². The molecule has 178 valence electrons. The number of aromatic nitrogens is 5. The molecule has 1 atom stereocenters. The van der Waals surface area contributed by atoms with E-state index in [0.29, 0.717) is 28.6 Å². The number of hydrogen-bond donors (Lipinski definition) is 0. The molecule has 1 unspecified atom stereocenters. The summed E-state index contributed by atoms with van der Waals surface area (Å²) in [4.78, 5) is 18.7. The van der Waals surface area contributed by atoms with Crippen LogP contribution >= 0.6 is 23.1 Å². The molecule has 0 N–H and O–H groups in total. The molecule has 4 aromatic heterocycles. The normalized spacial score (nSPS) is 15.4. The van der Waals surface area contributed by atoms with Crippen molar-refractivity contribution in [3.63, 3.8) is 0 Å². The predicted molar refractivity (Wildman–Crippen MR) is 136 cm³/mol. The van der Waals surface area contributed by atoms with E-state index in [1.165, 1.54) is 28.9 Å². The van der Waals surface area contributed by atoms with Crippen molar-refractivity contribution >= 4 is 40.4 Å². The second-order valence-corrected chi connectivity index (χ2v) is 9.95. The van der Waals surface area contributed by atoms with Crippen LogP contribution in [0.5, 0.6) is 0 Å². The lowest BCUT2D eigenvalue weighted by molar-refractivity contribution is -0.130. The minimum absolute atomic E-state index is 0.137. The highest BCUT2D eigenvalue weighted by molar-refractivity contribution is 7.99. The van der Waals surface area contributed by atoms with Gasteiger partial charge in [0.25, 0.3) is 5.91 Å². The Kier molecular flexibility index (Phi) is 5.99. The predicted octanol–water partition coefficient (Wildman–Crippen LogP) is 4.86. The Morgan fingerprint density at radius 3 is 2.72 bits per heavy atom. The molecule has 0 spiro atoms. The summed E-state index contributed by atoms with van der Waals surface area (Å²) in [6.45, 7) is 0. The second kappa shape index (κ2) is 9.59. The molecule has 0 aliphatic carbocycles. The number of carbonyl (C=O) groups excluding carboxylic acids is 1. The first kappa shape index (κ1) is 22.5. The number of pyridine rings is 1. The van der Waals surface area contributed by atoms with Gasteiger partial charge in [0.05, 0.1) is 22.4 Å². The third kappa shape index (κ3) is 4.38. The van der Waals surface area contributed by atoms with Crippen LogP contribution in [0, 0.1) is 5.82 Å². The zero-order chi connectivity index (χ0) is 24.5. The lowest BCUT2D eigenvalue weighted by Crippen LogP contribution is -2.28. The van der Waals surface area contributed by atoms with Crippen LogP contribution in [0.15, 0.2) is 88.4 Å². The fraction of sp³-hybridized carbons (Fsp3) is 0.120. The van der Waals surface area contributed by atoms with Crippen LogP contribution in [0.25, 0.3) is 17.2 Å². The Labute approximate surface area is 213 Å². The lowest BCUT2D eigenvalue weighted by Gasteiger charge is -2.22. The van der Waals surface area contributed by atoms with E-state index in [1.54, 1.807) is 34.2 Å². The van der Waals surface area contributed by atoms with Crippen LogP contribution in [0.4, 0.5) is 4.39 Å². The summed E-state index contributed by atoms with van der Waals surface area (Å²) < 4.78 is 15.2. The summed E-state index contributed by atoms with van der Waals surface area (Å²) in [7, 11) is 0. The highest BCUT2D eigenvalue weighted by atomic mass is 32.2. The molecule has 0 fully saturated rings. The van der Waals surface area contributed by atoms with Gasteiger partial charge in [0.1, 0.15) is 16.5 Å². The number of fused-ring (bicyclic) bond motifs is 1. The third-order valence-corrected chi connectivity index (χ3v) is 7.53. The molecule has 36 heavy (non-hydrogen) atoms. The van der Waals surface area contributed by atoms with E-state index in [-0.39, 0.29) is 23.5 Å². The van der Waals surface area contributed by atoms with Gasteiger partial charge in [-0.15, -0.1) is 21.5 Å². The molecule has 5 heterocycles. The molecule has 11 heteroatoms. The van der Waals surface area contributed by atoms with Crippen LogP contribution in [-0.2, 0) is 4.79 Å². The average molecular weight is 516 g/mol. The number of benzene rings is 1. The van der Waals surface area contributed by atoms with E-state index in [9.17, 15) is 9.18 Å². The highest BCUT2D eigenvalue weighted by Crippen LogP contribution is 2.34. The Hall–Kier alpha value is -3.96. The SMILES string of the molecule is O=C(CSc1ccc2nnc(-c3ccccn3)n2n1)N1N=C(c2cccs2)CC1c1ccc(F)cc1. The highest BCUT2D eigenvalue weighted by Gasteiger charge is 2.33. The molecule has 0 radical (unpaired) electrons. The quantitative estimate of drug-likeness (QED) is 0.300. The molecule has 1 amide bonds. The fourth-order valence-electron chi connectivity index (χ4n) is 3.98. The Balaban J connectivity index is 1.24. The summed E-state index contributed by atoms with van der Waals surface area (Å²) in [5.74, 6) is 0.195. The number of rotatable bonds is 6. The van der Waals surface area contributed by atoms with E-state index >= 15 is 0 Å². The maximum atomic E-state index is 13.5. The monoisotopic (exact) mass is 515 g/mol. The van der Waals surface area contributed by atoms with Crippen molar-refractivity contribution in [3.05, 3.63) is 94.6 Å². The molecule has 0 saturated heterocycles. The molecule has 6 rings (SSSR count). The first-order chi connectivity index (χ1) is 17.7. The van der Waals surface area contributed by atoms with Crippen LogP contribution in [0.3, 0.4) is 0 Å². The maximum Gasteiger partial charge on any atom is 0.253 e. The van der Waals surface area contributed by atoms with E-state index in [1.807, 2.05) is 47.8 Å². The molecule has 0 saturated carbocycles. The van der Waals surface area contributed by atoms with E-state index in [0.717, 1.165) is 16.2 Å². The summed E-state index contributed by atoms with van der Waals surface area (Å²) in [6.07, 6.45) is 2.26. The topological polar surface area (TPSA) is 88.6 Å². The molecular weight excluding hydrogens is 497 g/mol. The van der Waals surface area contributed by atoms with E-state index < -0.39 is 0 Å². The van der Waals surface area contributed by atoms with Crippen LogP contribution in [0.2, 0.25) is 0 Å². The third-order valence-electron chi connectivity index (χ3n) is 5.70. The van der Waals surface area contributed by atoms with Crippen molar-refractivity contribution in [3.8, 4) is 11.5 Å². The van der Waals surface area contributed by atoms with Gasteiger partial charge >= 0.3 is 0 Å². The number of hydrogen-bond acceptors (Lipinski definition) is 8. The van der Waals surface area contributed by atoms with Crippen molar-refractivity contribution in [1.82, 2.24) is 29.8 Å². The first-order valence-electron chi connectivity index (χ1n) is 11.1. The van der Waals surface area contributed by atoms with Gasteiger partial charge in [-0.05, 0) is 53.4 Å². The fourth-order valence-corrected chi connectivity index (χ4v) is 5.41. The van der Waals surface area contributed by atoms with Gasteiger partial charge in [-0.1, -0.05) is 36.0 Å². The van der Waals surface area contributed by atoms with E-state index in [2.05, 4.69) is 25.4 Å². The van der Waals surface area contributed by atoms with E-state index in [4.69, 9.17) is 0 Å². The molecule has 5 aromatic rings. The van der Waals surface area contributed by atoms with Gasteiger partial charge in [-0.25, -0.2) is 9.40 Å². The number of amides is 1. The molecule has 1 aliphatic rings. The van der Waals surface area contributed by atoms with Gasteiger partial charge in [0.15, 0.2) is 5.65 Å². The van der Waals surface area contributed by atoms with Gasteiger partial charge in [-0.3, -0.25) is 9.78 Å². The summed E-state index contributed by atoms with van der Waals surface area (Å²) >= 11 is 2.89. The van der Waals surface area contributed by atoms with Crippen LogP contribution in [-0.4, -0.2) is 47.2 Å². The van der Waals surface area contributed by atoms with Crippen molar-refractivity contribution in [2.24, 2.45) is 5.10 Å². The summed E-state index contributed by atoms with van der Waals surface area (Å²) in [5.41, 5.74) is 2.94.